The van der Waals surface area contributed by atoms with Crippen LogP contribution < -0.4 is 5.43 Å². The van der Waals surface area contributed by atoms with Crippen LogP contribution in [0.2, 0.25) is 0 Å². The minimum absolute atomic E-state index is 0.211. The van der Waals surface area contributed by atoms with Crippen molar-refractivity contribution in [1.82, 2.24) is 0 Å². The van der Waals surface area contributed by atoms with E-state index in [2.05, 4.69) is 21.1 Å². The summed E-state index contributed by atoms with van der Waals surface area (Å²) in [5, 5.41) is 11.6. The second-order valence-corrected chi connectivity index (χ2v) is 3.82. The van der Waals surface area contributed by atoms with Crippen molar-refractivity contribution in [2.24, 2.45) is 5.16 Å². The lowest BCUT2D eigenvalue weighted by atomic mass is 10.2. The second kappa shape index (κ2) is 3.86. The maximum atomic E-state index is 11.8. The summed E-state index contributed by atoms with van der Waals surface area (Å²) in [5.74, 6) is 0. The van der Waals surface area contributed by atoms with Crippen molar-refractivity contribution in [3.05, 3.63) is 44.7 Å². The van der Waals surface area contributed by atoms with E-state index in [1.165, 1.54) is 6.26 Å². The quantitative estimate of drug-likeness (QED) is 0.490. The Morgan fingerprint density at radius 1 is 1.47 bits per heavy atom. The lowest BCUT2D eigenvalue weighted by Crippen LogP contribution is -2.07. The van der Waals surface area contributed by atoms with E-state index in [-0.39, 0.29) is 11.0 Å². The van der Waals surface area contributed by atoms with Crippen LogP contribution in [0.15, 0.2) is 43.3 Å². The topological polar surface area (TPSA) is 62.8 Å². The smallest absolute Gasteiger partial charge is 0.201 e. The van der Waals surface area contributed by atoms with Crippen LogP contribution in [0.25, 0.3) is 11.0 Å². The summed E-state index contributed by atoms with van der Waals surface area (Å²) < 4.78 is 6.00. The summed E-state index contributed by atoms with van der Waals surface area (Å²) in [5.41, 5.74) is 0.483. The van der Waals surface area contributed by atoms with E-state index in [1.807, 2.05) is 0 Å². The molecule has 5 heteroatoms. The lowest BCUT2D eigenvalue weighted by Gasteiger charge is -1.97. The van der Waals surface area contributed by atoms with E-state index >= 15 is 0 Å². The van der Waals surface area contributed by atoms with Gasteiger partial charge in [-0.3, -0.25) is 4.79 Å². The third-order valence-corrected chi connectivity index (χ3v) is 2.45. The van der Waals surface area contributed by atoms with E-state index in [1.54, 1.807) is 18.2 Å². The van der Waals surface area contributed by atoms with Gasteiger partial charge in [0.15, 0.2) is 0 Å². The molecular formula is C10H6BrNO3. The number of benzene rings is 1. The van der Waals surface area contributed by atoms with Crippen molar-refractivity contribution >= 4 is 33.1 Å². The summed E-state index contributed by atoms with van der Waals surface area (Å²) in [7, 11) is 0. The van der Waals surface area contributed by atoms with Crippen molar-refractivity contribution in [2.75, 3.05) is 0 Å². The van der Waals surface area contributed by atoms with Gasteiger partial charge in [-0.1, -0.05) is 21.1 Å². The third kappa shape index (κ3) is 1.78. The van der Waals surface area contributed by atoms with Crippen LogP contribution in [-0.2, 0) is 0 Å². The predicted molar refractivity (Wildman–Crippen MR) is 59.6 cm³/mol. The molecule has 1 N–H and O–H groups in total. The summed E-state index contributed by atoms with van der Waals surface area (Å²) in [6, 6.07) is 5.14. The molecule has 76 valence electrons. The van der Waals surface area contributed by atoms with E-state index in [0.29, 0.717) is 11.0 Å². The summed E-state index contributed by atoms with van der Waals surface area (Å²) >= 11 is 3.27. The van der Waals surface area contributed by atoms with Gasteiger partial charge in [0.2, 0.25) is 5.43 Å². The Morgan fingerprint density at radius 3 is 3.00 bits per heavy atom. The zero-order chi connectivity index (χ0) is 10.8. The molecule has 0 saturated carbocycles. The molecule has 0 saturated heterocycles. The number of nitrogens with zero attached hydrogens (tertiary/aromatic N) is 1. The number of fused-ring (bicyclic) bond motifs is 1. The molecule has 15 heavy (non-hydrogen) atoms. The molecule has 0 radical (unpaired) electrons. The van der Waals surface area contributed by atoms with Gasteiger partial charge < -0.3 is 9.62 Å². The molecule has 2 aromatic rings. The van der Waals surface area contributed by atoms with E-state index < -0.39 is 0 Å². The SMILES string of the molecule is O=c1c(/C=N/O)coc2ccc(Br)cc12. The molecule has 2 rings (SSSR count). The molecule has 0 fully saturated rings. The molecule has 0 aliphatic heterocycles. The molecule has 4 nitrogen and oxygen atoms in total. The van der Waals surface area contributed by atoms with Gasteiger partial charge in [-0.15, -0.1) is 0 Å². The van der Waals surface area contributed by atoms with E-state index in [9.17, 15) is 4.79 Å². The first-order chi connectivity index (χ1) is 7.22. The Kier molecular flexibility index (Phi) is 2.55. The van der Waals surface area contributed by atoms with Crippen LogP contribution in [-0.4, -0.2) is 11.4 Å². The molecule has 0 spiro atoms. The Labute approximate surface area is 93.0 Å². The van der Waals surface area contributed by atoms with Crippen LogP contribution in [0.5, 0.6) is 0 Å². The molecule has 1 aromatic carbocycles. The normalized spacial score (nSPS) is 11.3. The number of rotatable bonds is 1. The van der Waals surface area contributed by atoms with Crippen LogP contribution in [0.1, 0.15) is 5.56 Å². The molecule has 1 heterocycles. The summed E-state index contributed by atoms with van der Waals surface area (Å²) in [4.78, 5) is 11.8. The molecule has 0 atom stereocenters. The lowest BCUT2D eigenvalue weighted by molar-refractivity contribution is 0.321. The average Bonchev–Trinajstić information content (AvgIpc) is 2.23. The Balaban J connectivity index is 2.83. The first-order valence-corrected chi connectivity index (χ1v) is 4.90. The van der Waals surface area contributed by atoms with E-state index in [0.717, 1.165) is 10.7 Å². The van der Waals surface area contributed by atoms with Crippen LogP contribution in [0.4, 0.5) is 0 Å². The molecule has 0 aliphatic rings. The highest BCUT2D eigenvalue weighted by Gasteiger charge is 2.05. The van der Waals surface area contributed by atoms with Gasteiger partial charge in [-0.25, -0.2) is 0 Å². The summed E-state index contributed by atoms with van der Waals surface area (Å²) in [6.45, 7) is 0. The maximum absolute atomic E-state index is 11.8. The predicted octanol–water partition coefficient (Wildman–Crippen LogP) is 2.36. The van der Waals surface area contributed by atoms with Gasteiger partial charge in [0, 0.05) is 4.47 Å². The van der Waals surface area contributed by atoms with Crippen LogP contribution in [0.3, 0.4) is 0 Å². The van der Waals surface area contributed by atoms with Gasteiger partial charge in [-0.05, 0) is 18.2 Å². The largest absolute Gasteiger partial charge is 0.463 e. The monoisotopic (exact) mass is 267 g/mol. The molecule has 0 amide bonds. The van der Waals surface area contributed by atoms with Crippen molar-refractivity contribution in [1.29, 1.82) is 0 Å². The van der Waals surface area contributed by atoms with Gasteiger partial charge in [0.25, 0.3) is 0 Å². The Hall–Kier alpha value is -1.62. The van der Waals surface area contributed by atoms with Crippen LogP contribution >= 0.6 is 15.9 Å². The molecular weight excluding hydrogens is 262 g/mol. The number of hydrogen-bond donors (Lipinski definition) is 1. The molecule has 0 aliphatic carbocycles. The Bertz CT molecular complexity index is 589. The minimum Gasteiger partial charge on any atom is -0.463 e. The number of oxime groups is 1. The standard InChI is InChI=1S/C10H6BrNO3/c11-7-1-2-9-8(3-7)10(13)6(4-12-14)5-15-9/h1-5,14H/b12-4+. The summed E-state index contributed by atoms with van der Waals surface area (Å²) in [6.07, 6.45) is 2.31. The maximum Gasteiger partial charge on any atom is 0.201 e. The van der Waals surface area contributed by atoms with Crippen molar-refractivity contribution in [3.63, 3.8) is 0 Å². The fourth-order valence-electron chi connectivity index (χ4n) is 1.27. The molecule has 0 unspecified atom stereocenters. The highest BCUT2D eigenvalue weighted by molar-refractivity contribution is 9.10. The van der Waals surface area contributed by atoms with Crippen molar-refractivity contribution in [3.8, 4) is 0 Å². The average molecular weight is 268 g/mol. The van der Waals surface area contributed by atoms with Crippen molar-refractivity contribution in [2.45, 2.75) is 0 Å². The number of halogens is 1. The number of hydrogen-bond acceptors (Lipinski definition) is 4. The van der Waals surface area contributed by atoms with Crippen LogP contribution in [0, 0.1) is 0 Å². The second-order valence-electron chi connectivity index (χ2n) is 2.91. The van der Waals surface area contributed by atoms with Gasteiger partial charge in [0.1, 0.15) is 11.8 Å². The van der Waals surface area contributed by atoms with Gasteiger partial charge >= 0.3 is 0 Å². The zero-order valence-electron chi connectivity index (χ0n) is 7.48. The first-order valence-electron chi connectivity index (χ1n) is 4.11. The highest BCUT2D eigenvalue weighted by atomic mass is 79.9. The Morgan fingerprint density at radius 2 is 2.27 bits per heavy atom. The van der Waals surface area contributed by atoms with Gasteiger partial charge in [-0.2, -0.15) is 0 Å². The molecule has 1 aromatic heterocycles. The first kappa shape index (κ1) is 9.92. The van der Waals surface area contributed by atoms with E-state index in [4.69, 9.17) is 9.62 Å². The third-order valence-electron chi connectivity index (χ3n) is 1.96. The minimum atomic E-state index is -0.227. The molecule has 0 bridgehead atoms. The van der Waals surface area contributed by atoms with Gasteiger partial charge in [0.05, 0.1) is 17.2 Å². The fourth-order valence-corrected chi connectivity index (χ4v) is 1.63. The highest BCUT2D eigenvalue weighted by Crippen LogP contribution is 2.17. The van der Waals surface area contributed by atoms with Crippen molar-refractivity contribution < 1.29 is 9.62 Å². The zero-order valence-corrected chi connectivity index (χ0v) is 9.06. The fraction of sp³-hybridized carbons (Fsp3) is 0.